The van der Waals surface area contributed by atoms with Gasteiger partial charge in [0.2, 0.25) is 5.91 Å². The van der Waals surface area contributed by atoms with E-state index in [0.717, 1.165) is 10.2 Å². The molecule has 4 aromatic rings. The molecule has 138 valence electrons. The van der Waals surface area contributed by atoms with Crippen LogP contribution in [0.5, 0.6) is 0 Å². The number of carbonyl (C=O) groups is 1. The minimum atomic E-state index is -0.482. The van der Waals surface area contributed by atoms with Crippen LogP contribution < -0.4 is 16.4 Å². The molecule has 0 saturated carbocycles. The highest BCUT2D eigenvalue weighted by Gasteiger charge is 2.11. The molecule has 0 fully saturated rings. The molecule has 1 amide bonds. The molecule has 0 radical (unpaired) electrons. The Hall–Kier alpha value is -4.07. The predicted molar refractivity (Wildman–Crippen MR) is 105 cm³/mol. The average Bonchev–Trinajstić information content (AvgIpc) is 2.73. The molecule has 28 heavy (non-hydrogen) atoms. The molecular formula is C20H15N5O3. The van der Waals surface area contributed by atoms with Gasteiger partial charge in [0.25, 0.3) is 11.1 Å². The first-order valence-electron chi connectivity index (χ1n) is 8.51. The van der Waals surface area contributed by atoms with Gasteiger partial charge in [0.05, 0.1) is 28.9 Å². The molecule has 0 spiro atoms. The van der Waals surface area contributed by atoms with Crippen molar-refractivity contribution in [2.75, 3.05) is 5.32 Å². The summed E-state index contributed by atoms with van der Waals surface area (Å²) in [5.41, 5.74) is 0.376. The van der Waals surface area contributed by atoms with E-state index in [2.05, 4.69) is 20.4 Å². The fourth-order valence-electron chi connectivity index (χ4n) is 2.83. The number of hydrogen-bond donors (Lipinski definition) is 2. The van der Waals surface area contributed by atoms with Crippen LogP contribution in [0.1, 0.15) is 0 Å². The largest absolute Gasteiger partial charge is 0.322 e. The summed E-state index contributed by atoms with van der Waals surface area (Å²) in [6, 6.07) is 15.9. The maximum absolute atomic E-state index is 12.5. The van der Waals surface area contributed by atoms with Crippen LogP contribution >= 0.6 is 0 Å². The van der Waals surface area contributed by atoms with Crippen LogP contribution in [0.3, 0.4) is 0 Å². The molecule has 0 atom stereocenters. The first-order valence-corrected chi connectivity index (χ1v) is 8.51. The molecule has 8 nitrogen and oxygen atoms in total. The first-order chi connectivity index (χ1) is 13.6. The Morgan fingerprint density at radius 1 is 0.929 bits per heavy atom. The molecule has 8 heteroatoms. The van der Waals surface area contributed by atoms with Crippen LogP contribution in [-0.2, 0) is 11.3 Å². The minimum Gasteiger partial charge on any atom is -0.322 e. The summed E-state index contributed by atoms with van der Waals surface area (Å²) >= 11 is 0. The molecule has 0 unspecified atom stereocenters. The van der Waals surface area contributed by atoms with Gasteiger partial charge in [-0.15, -0.1) is 0 Å². The monoisotopic (exact) mass is 373 g/mol. The van der Waals surface area contributed by atoms with Gasteiger partial charge in [-0.25, -0.2) is 14.6 Å². The maximum atomic E-state index is 12.5. The van der Waals surface area contributed by atoms with Crippen LogP contribution in [0.4, 0.5) is 5.69 Å². The molecule has 0 bridgehead atoms. The number of hydrogen-bond acceptors (Lipinski definition) is 5. The normalized spacial score (nSPS) is 10.7. The van der Waals surface area contributed by atoms with E-state index in [9.17, 15) is 14.4 Å². The summed E-state index contributed by atoms with van der Waals surface area (Å²) in [6.07, 6.45) is 2.97. The van der Waals surface area contributed by atoms with Gasteiger partial charge < -0.3 is 5.32 Å². The second-order valence-corrected chi connectivity index (χ2v) is 6.09. The van der Waals surface area contributed by atoms with E-state index >= 15 is 0 Å². The number of rotatable bonds is 4. The molecule has 2 aromatic heterocycles. The Bertz CT molecular complexity index is 1260. The summed E-state index contributed by atoms with van der Waals surface area (Å²) in [4.78, 5) is 45.3. The lowest BCUT2D eigenvalue weighted by molar-refractivity contribution is -0.117. The van der Waals surface area contributed by atoms with Crippen molar-refractivity contribution in [2.45, 2.75) is 6.54 Å². The van der Waals surface area contributed by atoms with Gasteiger partial charge in [0.1, 0.15) is 6.54 Å². The van der Waals surface area contributed by atoms with Crippen LogP contribution in [0.2, 0.25) is 0 Å². The lowest BCUT2D eigenvalue weighted by Crippen LogP contribution is -2.34. The number of fused-ring (bicyclic) bond motifs is 1. The van der Waals surface area contributed by atoms with Gasteiger partial charge in [-0.05, 0) is 12.1 Å². The van der Waals surface area contributed by atoms with Crippen molar-refractivity contribution < 1.29 is 4.79 Å². The van der Waals surface area contributed by atoms with Crippen molar-refractivity contribution in [3.05, 3.63) is 87.7 Å². The van der Waals surface area contributed by atoms with Gasteiger partial charge in [-0.3, -0.25) is 19.5 Å². The Morgan fingerprint density at radius 3 is 2.29 bits per heavy atom. The zero-order valence-electron chi connectivity index (χ0n) is 14.6. The molecule has 4 rings (SSSR count). The van der Waals surface area contributed by atoms with Crippen LogP contribution in [-0.4, -0.2) is 25.7 Å². The topological polar surface area (TPSA) is 110 Å². The van der Waals surface area contributed by atoms with Gasteiger partial charge in [-0.1, -0.05) is 42.5 Å². The first kappa shape index (κ1) is 17.3. The smallest absolute Gasteiger partial charge is 0.273 e. The zero-order chi connectivity index (χ0) is 19.5. The van der Waals surface area contributed by atoms with Gasteiger partial charge in [0, 0.05) is 5.56 Å². The van der Waals surface area contributed by atoms with Crippen molar-refractivity contribution in [1.82, 2.24) is 19.7 Å². The van der Waals surface area contributed by atoms with Crippen LogP contribution in [0.25, 0.3) is 22.2 Å². The highest BCUT2D eigenvalue weighted by molar-refractivity contribution is 5.90. The van der Waals surface area contributed by atoms with Crippen molar-refractivity contribution in [2.24, 2.45) is 0 Å². The summed E-state index contributed by atoms with van der Waals surface area (Å²) in [5.74, 6) is 0.0535. The fourth-order valence-corrected chi connectivity index (χ4v) is 2.83. The number of aromatic nitrogens is 4. The quantitative estimate of drug-likeness (QED) is 0.567. The predicted octanol–water partition coefficient (Wildman–Crippen LogP) is 1.79. The van der Waals surface area contributed by atoms with E-state index in [1.54, 1.807) is 24.3 Å². The van der Waals surface area contributed by atoms with Crippen LogP contribution in [0, 0.1) is 0 Å². The lowest BCUT2D eigenvalue weighted by atomic mass is 10.2. The number of aromatic amines is 1. The summed E-state index contributed by atoms with van der Waals surface area (Å²) in [6.45, 7) is -0.334. The molecule has 0 saturated heterocycles. The summed E-state index contributed by atoms with van der Waals surface area (Å²) < 4.78 is 0.985. The van der Waals surface area contributed by atoms with E-state index < -0.39 is 17.0 Å². The molecular weight excluding hydrogens is 358 g/mol. The van der Waals surface area contributed by atoms with Crippen LogP contribution in [0.15, 0.2) is 76.6 Å². The molecule has 2 heterocycles. The Labute approximate surface area is 158 Å². The summed E-state index contributed by atoms with van der Waals surface area (Å²) in [5, 5.41) is 5.59. The van der Waals surface area contributed by atoms with Gasteiger partial charge in [0.15, 0.2) is 5.82 Å². The second kappa shape index (κ2) is 7.28. The molecule has 0 aliphatic carbocycles. The minimum absolute atomic E-state index is 0.259. The standard InChI is InChI=1S/C20H15N5O3/c26-17(12-25-20(28)16-9-5-4-8-15(16)19(27)24-25)23-14-10-21-18(22-11-14)13-6-2-1-3-7-13/h1-11H,12H2,(H,23,26)(H,24,27). The Balaban J connectivity index is 1.52. The highest BCUT2D eigenvalue weighted by atomic mass is 16.2. The van der Waals surface area contributed by atoms with Crippen molar-refractivity contribution in [1.29, 1.82) is 0 Å². The number of anilines is 1. The number of nitrogens with one attached hydrogen (secondary N) is 2. The number of H-pyrrole nitrogens is 1. The molecule has 2 N–H and O–H groups in total. The van der Waals surface area contributed by atoms with E-state index in [0.29, 0.717) is 11.5 Å². The van der Waals surface area contributed by atoms with Crippen molar-refractivity contribution >= 4 is 22.4 Å². The molecule has 0 aliphatic heterocycles. The molecule has 2 aromatic carbocycles. The highest BCUT2D eigenvalue weighted by Crippen LogP contribution is 2.14. The van der Waals surface area contributed by atoms with Gasteiger partial charge >= 0.3 is 0 Å². The lowest BCUT2D eigenvalue weighted by Gasteiger charge is -2.08. The van der Waals surface area contributed by atoms with E-state index in [1.807, 2.05) is 30.3 Å². The van der Waals surface area contributed by atoms with E-state index in [-0.39, 0.29) is 17.3 Å². The Kier molecular flexibility index (Phi) is 4.51. The number of carbonyl (C=O) groups excluding carboxylic acids is 1. The third-order valence-electron chi connectivity index (χ3n) is 4.15. The third-order valence-corrected chi connectivity index (χ3v) is 4.15. The number of nitrogens with zero attached hydrogens (tertiary/aromatic N) is 3. The van der Waals surface area contributed by atoms with E-state index in [4.69, 9.17) is 0 Å². The number of benzene rings is 2. The average molecular weight is 373 g/mol. The van der Waals surface area contributed by atoms with Crippen molar-refractivity contribution in [3.63, 3.8) is 0 Å². The van der Waals surface area contributed by atoms with Crippen molar-refractivity contribution in [3.8, 4) is 11.4 Å². The maximum Gasteiger partial charge on any atom is 0.273 e. The zero-order valence-corrected chi connectivity index (χ0v) is 14.6. The Morgan fingerprint density at radius 2 is 1.57 bits per heavy atom. The third kappa shape index (κ3) is 3.43. The second-order valence-electron chi connectivity index (χ2n) is 6.09. The fraction of sp³-hybridized carbons (Fsp3) is 0.0500. The van der Waals surface area contributed by atoms with Gasteiger partial charge in [-0.2, -0.15) is 0 Å². The van der Waals surface area contributed by atoms with E-state index in [1.165, 1.54) is 12.4 Å². The SMILES string of the molecule is O=C(Cn1[nH]c(=O)c2ccccc2c1=O)Nc1cnc(-c2ccccc2)nc1. The molecule has 0 aliphatic rings. The summed E-state index contributed by atoms with van der Waals surface area (Å²) in [7, 11) is 0. The number of amides is 1.